The van der Waals surface area contributed by atoms with E-state index in [0.29, 0.717) is 23.6 Å². The van der Waals surface area contributed by atoms with Crippen molar-refractivity contribution in [3.63, 3.8) is 0 Å². The first-order valence-electron chi connectivity index (χ1n) is 6.49. The molecule has 1 rings (SSSR count). The van der Waals surface area contributed by atoms with Gasteiger partial charge in [0.1, 0.15) is 11.5 Å². The maximum atomic E-state index is 10.9. The van der Waals surface area contributed by atoms with Crippen LogP contribution >= 0.6 is 0 Å². The number of benzene rings is 1. The SMILES string of the molecule is C=CCNC(CC(=O)O)C(O)c1ccc(OC)cc1OC. The minimum atomic E-state index is -1.03. The van der Waals surface area contributed by atoms with E-state index in [1.54, 1.807) is 24.3 Å². The summed E-state index contributed by atoms with van der Waals surface area (Å²) in [5.41, 5.74) is 0.501. The van der Waals surface area contributed by atoms with E-state index in [0.717, 1.165) is 0 Å². The summed E-state index contributed by atoms with van der Waals surface area (Å²) in [5, 5.41) is 22.4. The third kappa shape index (κ3) is 4.77. The zero-order valence-corrected chi connectivity index (χ0v) is 12.2. The normalized spacial score (nSPS) is 13.3. The van der Waals surface area contributed by atoms with Crippen LogP contribution in [0.2, 0.25) is 0 Å². The number of carbonyl (C=O) groups is 1. The lowest BCUT2D eigenvalue weighted by Crippen LogP contribution is -2.37. The van der Waals surface area contributed by atoms with Crippen molar-refractivity contribution in [2.45, 2.75) is 18.6 Å². The second-order valence-corrected chi connectivity index (χ2v) is 4.45. The summed E-state index contributed by atoms with van der Waals surface area (Å²) in [6.07, 6.45) is 0.360. The average Bonchev–Trinajstić information content (AvgIpc) is 2.49. The lowest BCUT2D eigenvalue weighted by molar-refractivity contribution is -0.138. The van der Waals surface area contributed by atoms with Crippen molar-refractivity contribution in [1.29, 1.82) is 0 Å². The highest BCUT2D eigenvalue weighted by Gasteiger charge is 2.25. The molecule has 21 heavy (non-hydrogen) atoms. The summed E-state index contributed by atoms with van der Waals surface area (Å²) in [6, 6.07) is 4.34. The summed E-state index contributed by atoms with van der Waals surface area (Å²) in [5.74, 6) is 0.0392. The summed E-state index contributed by atoms with van der Waals surface area (Å²) in [6.45, 7) is 3.96. The van der Waals surface area contributed by atoms with E-state index in [1.165, 1.54) is 14.2 Å². The summed E-state index contributed by atoms with van der Waals surface area (Å²) >= 11 is 0. The van der Waals surface area contributed by atoms with Crippen LogP contribution in [0.5, 0.6) is 11.5 Å². The highest BCUT2D eigenvalue weighted by Crippen LogP contribution is 2.31. The van der Waals surface area contributed by atoms with Gasteiger partial charge in [-0.05, 0) is 12.1 Å². The zero-order chi connectivity index (χ0) is 15.8. The Morgan fingerprint density at radius 3 is 2.67 bits per heavy atom. The maximum Gasteiger partial charge on any atom is 0.305 e. The number of hydrogen-bond acceptors (Lipinski definition) is 5. The van der Waals surface area contributed by atoms with Gasteiger partial charge in [-0.25, -0.2) is 0 Å². The molecule has 6 nitrogen and oxygen atoms in total. The smallest absolute Gasteiger partial charge is 0.305 e. The molecule has 6 heteroatoms. The molecule has 0 saturated carbocycles. The highest BCUT2D eigenvalue weighted by molar-refractivity contribution is 5.67. The van der Waals surface area contributed by atoms with Crippen LogP contribution in [0.15, 0.2) is 30.9 Å². The maximum absolute atomic E-state index is 10.9. The van der Waals surface area contributed by atoms with E-state index in [2.05, 4.69) is 11.9 Å². The van der Waals surface area contributed by atoms with Gasteiger partial charge in [0, 0.05) is 24.2 Å². The molecule has 0 fully saturated rings. The fourth-order valence-electron chi connectivity index (χ4n) is 2.00. The van der Waals surface area contributed by atoms with Gasteiger partial charge >= 0.3 is 5.97 Å². The van der Waals surface area contributed by atoms with Crippen LogP contribution < -0.4 is 14.8 Å². The molecule has 2 unspecified atom stereocenters. The number of aliphatic carboxylic acids is 1. The third-order valence-corrected chi connectivity index (χ3v) is 3.06. The van der Waals surface area contributed by atoms with Gasteiger partial charge in [-0.3, -0.25) is 4.79 Å². The largest absolute Gasteiger partial charge is 0.497 e. The molecule has 1 aromatic carbocycles. The number of nitrogens with one attached hydrogen (secondary N) is 1. The van der Waals surface area contributed by atoms with Crippen LogP contribution in [0.4, 0.5) is 0 Å². The molecule has 0 aliphatic heterocycles. The van der Waals surface area contributed by atoms with Crippen LogP contribution in [-0.2, 0) is 4.79 Å². The van der Waals surface area contributed by atoms with E-state index >= 15 is 0 Å². The molecule has 2 atom stereocenters. The van der Waals surface area contributed by atoms with Crippen LogP contribution in [0.3, 0.4) is 0 Å². The second kappa shape index (κ2) is 8.28. The van der Waals surface area contributed by atoms with Crippen LogP contribution in [0, 0.1) is 0 Å². The van der Waals surface area contributed by atoms with Gasteiger partial charge in [-0.1, -0.05) is 6.08 Å². The number of hydrogen-bond donors (Lipinski definition) is 3. The molecule has 0 aliphatic rings. The molecular formula is C15H21NO5. The van der Waals surface area contributed by atoms with E-state index in [9.17, 15) is 9.90 Å². The third-order valence-electron chi connectivity index (χ3n) is 3.06. The first kappa shape index (κ1) is 17.0. The van der Waals surface area contributed by atoms with Crippen molar-refractivity contribution >= 4 is 5.97 Å². The summed E-state index contributed by atoms with van der Waals surface area (Å²) in [4.78, 5) is 10.9. The number of ether oxygens (including phenoxy) is 2. The van der Waals surface area contributed by atoms with Gasteiger partial charge < -0.3 is 25.0 Å². The summed E-state index contributed by atoms with van der Waals surface area (Å²) in [7, 11) is 3.01. The molecule has 0 spiro atoms. The minimum Gasteiger partial charge on any atom is -0.497 e. The van der Waals surface area contributed by atoms with Crippen LogP contribution in [-0.4, -0.2) is 43.0 Å². The van der Waals surface area contributed by atoms with Crippen molar-refractivity contribution in [3.05, 3.63) is 36.4 Å². The van der Waals surface area contributed by atoms with Gasteiger partial charge in [-0.2, -0.15) is 0 Å². The molecule has 0 bridgehead atoms. The number of rotatable bonds is 9. The molecule has 0 aliphatic carbocycles. The number of aliphatic hydroxyl groups is 1. The molecule has 0 saturated heterocycles. The Balaban J connectivity index is 3.03. The molecule has 0 heterocycles. The Hall–Kier alpha value is -2.05. The number of carboxylic acid groups (broad SMARTS) is 1. The lowest BCUT2D eigenvalue weighted by atomic mass is 9.98. The van der Waals surface area contributed by atoms with Crippen LogP contribution in [0.25, 0.3) is 0 Å². The molecule has 116 valence electrons. The topological polar surface area (TPSA) is 88.0 Å². The standard InChI is InChI=1S/C15H21NO5/c1-4-7-16-12(9-14(17)18)15(19)11-6-5-10(20-2)8-13(11)21-3/h4-6,8,12,15-16,19H,1,7,9H2,2-3H3,(H,17,18). The van der Waals surface area contributed by atoms with Crippen molar-refractivity contribution < 1.29 is 24.5 Å². The Bertz CT molecular complexity index is 489. The number of aliphatic hydroxyl groups excluding tert-OH is 1. The van der Waals surface area contributed by atoms with E-state index in [4.69, 9.17) is 14.6 Å². The van der Waals surface area contributed by atoms with Crippen molar-refractivity contribution in [2.75, 3.05) is 20.8 Å². The minimum absolute atomic E-state index is 0.218. The number of methoxy groups -OCH3 is 2. The van der Waals surface area contributed by atoms with Gasteiger partial charge in [-0.15, -0.1) is 6.58 Å². The van der Waals surface area contributed by atoms with E-state index in [-0.39, 0.29) is 6.42 Å². The first-order valence-corrected chi connectivity index (χ1v) is 6.49. The molecule has 1 aromatic rings. The molecule has 0 aromatic heterocycles. The predicted octanol–water partition coefficient (Wildman–Crippen LogP) is 1.36. The fraction of sp³-hybridized carbons (Fsp3) is 0.400. The number of carboxylic acids is 1. The van der Waals surface area contributed by atoms with Gasteiger partial charge in [0.05, 0.1) is 26.7 Å². The molecule has 0 amide bonds. The van der Waals surface area contributed by atoms with Gasteiger partial charge in [0.2, 0.25) is 0 Å². The molecule has 0 radical (unpaired) electrons. The first-order chi connectivity index (χ1) is 10.0. The van der Waals surface area contributed by atoms with Gasteiger partial charge in [0.15, 0.2) is 0 Å². The van der Waals surface area contributed by atoms with Crippen molar-refractivity contribution in [2.24, 2.45) is 0 Å². The monoisotopic (exact) mass is 295 g/mol. The Kier molecular flexibility index (Phi) is 6.71. The second-order valence-electron chi connectivity index (χ2n) is 4.45. The molecular weight excluding hydrogens is 274 g/mol. The summed E-state index contributed by atoms with van der Waals surface area (Å²) < 4.78 is 10.3. The van der Waals surface area contributed by atoms with Crippen molar-refractivity contribution in [1.82, 2.24) is 5.32 Å². The Morgan fingerprint density at radius 1 is 1.43 bits per heavy atom. The van der Waals surface area contributed by atoms with Crippen LogP contribution in [0.1, 0.15) is 18.1 Å². The quantitative estimate of drug-likeness (QED) is 0.596. The highest BCUT2D eigenvalue weighted by atomic mass is 16.5. The lowest BCUT2D eigenvalue weighted by Gasteiger charge is -2.24. The fourth-order valence-corrected chi connectivity index (χ4v) is 2.00. The van der Waals surface area contributed by atoms with E-state index in [1.807, 2.05) is 0 Å². The predicted molar refractivity (Wildman–Crippen MR) is 78.7 cm³/mol. The van der Waals surface area contributed by atoms with Crippen molar-refractivity contribution in [3.8, 4) is 11.5 Å². The van der Waals surface area contributed by atoms with Gasteiger partial charge in [0.25, 0.3) is 0 Å². The molecule has 3 N–H and O–H groups in total. The Labute approximate surface area is 124 Å². The average molecular weight is 295 g/mol. The zero-order valence-electron chi connectivity index (χ0n) is 12.2. The Morgan fingerprint density at radius 2 is 2.14 bits per heavy atom. The van der Waals surface area contributed by atoms with E-state index < -0.39 is 18.1 Å².